The predicted molar refractivity (Wildman–Crippen MR) is 81.4 cm³/mol. The van der Waals surface area contributed by atoms with Crippen LogP contribution in [-0.2, 0) is 16.1 Å². The Bertz CT molecular complexity index is 580. The summed E-state index contributed by atoms with van der Waals surface area (Å²) in [5.74, 6) is -0.377. The Balaban J connectivity index is 2.00. The third-order valence-corrected chi connectivity index (χ3v) is 4.06. The van der Waals surface area contributed by atoms with Gasteiger partial charge < -0.3 is 14.4 Å². The van der Waals surface area contributed by atoms with Crippen LogP contribution in [0.15, 0.2) is 24.3 Å². The number of halogens is 3. The zero-order valence-corrected chi connectivity index (χ0v) is 13.8. The van der Waals surface area contributed by atoms with Crippen LogP contribution in [0, 0.1) is 0 Å². The zero-order chi connectivity index (χ0) is 17.9. The molecule has 24 heavy (non-hydrogen) atoms. The molecule has 0 spiro atoms. The fraction of sp³-hybridized carbons (Fsp3) is 0.562. The number of likely N-dealkylation sites (tertiary alicyclic amines) is 1. The Morgan fingerprint density at radius 2 is 2.12 bits per heavy atom. The van der Waals surface area contributed by atoms with Gasteiger partial charge in [0.05, 0.1) is 12.1 Å². The van der Waals surface area contributed by atoms with E-state index in [2.05, 4.69) is 4.74 Å². The van der Waals surface area contributed by atoms with Crippen molar-refractivity contribution in [3.63, 3.8) is 0 Å². The second kappa shape index (κ2) is 7.40. The van der Waals surface area contributed by atoms with E-state index in [4.69, 9.17) is 4.74 Å². The van der Waals surface area contributed by atoms with Crippen LogP contribution in [0.4, 0.5) is 13.2 Å². The molecule has 0 radical (unpaired) electrons. The summed E-state index contributed by atoms with van der Waals surface area (Å²) in [6.07, 6.45) is -4.11. The normalized spacial score (nSPS) is 21.8. The highest BCUT2D eigenvalue weighted by Crippen LogP contribution is 2.24. The Kier molecular flexibility index (Phi) is 5.71. The summed E-state index contributed by atoms with van der Waals surface area (Å²) in [5.41, 5.74) is 0.566. The van der Waals surface area contributed by atoms with Crippen LogP contribution in [0.2, 0.25) is 0 Å². The third kappa shape index (κ3) is 4.85. The minimum absolute atomic E-state index is 0.0147. The van der Waals surface area contributed by atoms with Gasteiger partial charge in [-0.25, -0.2) is 0 Å². The number of rotatable bonds is 5. The number of benzene rings is 1. The molecule has 5 nitrogen and oxygen atoms in total. The number of ether oxygens (including phenoxy) is 2. The van der Waals surface area contributed by atoms with Gasteiger partial charge in [0.2, 0.25) is 5.91 Å². The topological polar surface area (TPSA) is 42.0 Å². The van der Waals surface area contributed by atoms with Crippen molar-refractivity contribution < 1.29 is 27.4 Å². The van der Waals surface area contributed by atoms with Crippen molar-refractivity contribution in [1.82, 2.24) is 9.80 Å². The first-order chi connectivity index (χ1) is 11.2. The second-order valence-electron chi connectivity index (χ2n) is 5.94. The lowest BCUT2D eigenvalue weighted by molar-refractivity contribution is -0.274. The van der Waals surface area contributed by atoms with Gasteiger partial charge in [0, 0.05) is 27.2 Å². The number of hydrogen-bond donors (Lipinski definition) is 0. The molecule has 8 heteroatoms. The molecule has 2 atom stereocenters. The van der Waals surface area contributed by atoms with Gasteiger partial charge in [-0.2, -0.15) is 0 Å². The molecule has 0 saturated carbocycles. The van der Waals surface area contributed by atoms with Crippen LogP contribution < -0.4 is 4.74 Å². The predicted octanol–water partition coefficient (Wildman–Crippen LogP) is 2.26. The maximum Gasteiger partial charge on any atom is 0.573 e. The van der Waals surface area contributed by atoms with Crippen molar-refractivity contribution in [1.29, 1.82) is 0 Å². The monoisotopic (exact) mass is 346 g/mol. The summed E-state index contributed by atoms with van der Waals surface area (Å²) in [4.78, 5) is 16.0. The van der Waals surface area contributed by atoms with Gasteiger partial charge in [-0.15, -0.1) is 13.2 Å². The summed E-state index contributed by atoms with van der Waals surface area (Å²) >= 11 is 0. The average Bonchev–Trinajstić information content (AvgIpc) is 2.86. The first-order valence-corrected chi connectivity index (χ1v) is 7.52. The van der Waals surface area contributed by atoms with Crippen molar-refractivity contribution in [2.45, 2.75) is 31.5 Å². The molecule has 1 amide bonds. The average molecular weight is 346 g/mol. The SMILES string of the molecule is CO[C@H]1C[C@@H](C(=O)N(C)Cc2cccc(OC(F)(F)F)c2)N(C)C1. The minimum atomic E-state index is -4.73. The summed E-state index contributed by atoms with van der Waals surface area (Å²) in [6, 6.07) is 5.36. The van der Waals surface area contributed by atoms with E-state index in [1.54, 1.807) is 20.2 Å². The van der Waals surface area contributed by atoms with Gasteiger partial charge in [0.1, 0.15) is 5.75 Å². The largest absolute Gasteiger partial charge is 0.573 e. The van der Waals surface area contributed by atoms with Crippen LogP contribution in [0.1, 0.15) is 12.0 Å². The standard InChI is InChI=1S/C16H21F3N2O3/c1-20-10-13(23-3)8-14(20)15(22)21(2)9-11-5-4-6-12(7-11)24-16(17,18)19/h4-7,13-14H,8-10H2,1-3H3/t13-,14-/m0/s1. The highest BCUT2D eigenvalue weighted by atomic mass is 19.4. The maximum absolute atomic E-state index is 12.6. The van der Waals surface area contributed by atoms with E-state index in [9.17, 15) is 18.0 Å². The van der Waals surface area contributed by atoms with Gasteiger partial charge in [-0.05, 0) is 31.2 Å². The van der Waals surface area contributed by atoms with E-state index in [0.717, 1.165) is 0 Å². The molecule has 2 rings (SSSR count). The van der Waals surface area contributed by atoms with Crippen molar-refractivity contribution >= 4 is 5.91 Å². The molecular formula is C16H21F3N2O3. The molecule has 1 saturated heterocycles. The fourth-order valence-electron chi connectivity index (χ4n) is 2.86. The molecule has 1 aliphatic rings. The highest BCUT2D eigenvalue weighted by Gasteiger charge is 2.36. The maximum atomic E-state index is 12.6. The summed E-state index contributed by atoms with van der Waals surface area (Å²) < 4.78 is 46.0. The van der Waals surface area contributed by atoms with E-state index in [-0.39, 0.29) is 30.3 Å². The van der Waals surface area contributed by atoms with Gasteiger partial charge in [-0.3, -0.25) is 9.69 Å². The summed E-state index contributed by atoms with van der Waals surface area (Å²) in [5, 5.41) is 0. The van der Waals surface area contributed by atoms with Crippen LogP contribution in [0.25, 0.3) is 0 Å². The van der Waals surface area contributed by atoms with Crippen molar-refractivity contribution in [3.8, 4) is 5.75 Å². The number of hydrogen-bond acceptors (Lipinski definition) is 4. The number of methoxy groups -OCH3 is 1. The lowest BCUT2D eigenvalue weighted by Gasteiger charge is -2.25. The summed E-state index contributed by atoms with van der Waals surface area (Å²) in [6.45, 7) is 0.880. The third-order valence-electron chi connectivity index (χ3n) is 4.06. The molecule has 1 aromatic carbocycles. The van der Waals surface area contributed by atoms with Crippen LogP contribution in [-0.4, -0.2) is 62.0 Å². The number of alkyl halides is 3. The zero-order valence-electron chi connectivity index (χ0n) is 13.8. The molecular weight excluding hydrogens is 325 g/mol. The van der Waals surface area contributed by atoms with E-state index in [1.807, 2.05) is 11.9 Å². The van der Waals surface area contributed by atoms with Crippen LogP contribution in [0.3, 0.4) is 0 Å². The molecule has 0 bridgehead atoms. The van der Waals surface area contributed by atoms with Crippen molar-refractivity contribution in [2.75, 3.05) is 27.7 Å². The number of amides is 1. The molecule has 0 N–H and O–H groups in total. The van der Waals surface area contributed by atoms with Gasteiger partial charge >= 0.3 is 6.36 Å². The first-order valence-electron chi connectivity index (χ1n) is 7.52. The molecule has 134 valence electrons. The van der Waals surface area contributed by atoms with Gasteiger partial charge in [0.25, 0.3) is 0 Å². The number of carbonyl (C=O) groups excluding carboxylic acids is 1. The lowest BCUT2D eigenvalue weighted by atomic mass is 10.1. The molecule has 0 unspecified atom stereocenters. The van der Waals surface area contributed by atoms with E-state index in [1.165, 1.54) is 23.1 Å². The molecule has 1 aliphatic heterocycles. The Morgan fingerprint density at radius 3 is 2.71 bits per heavy atom. The minimum Gasteiger partial charge on any atom is -0.406 e. The van der Waals surface area contributed by atoms with Gasteiger partial charge in [0.15, 0.2) is 0 Å². The van der Waals surface area contributed by atoms with Crippen molar-refractivity contribution in [2.24, 2.45) is 0 Å². The second-order valence-corrected chi connectivity index (χ2v) is 5.94. The Morgan fingerprint density at radius 1 is 1.42 bits per heavy atom. The van der Waals surface area contributed by atoms with E-state index < -0.39 is 6.36 Å². The highest BCUT2D eigenvalue weighted by molar-refractivity contribution is 5.82. The first kappa shape index (κ1) is 18.5. The molecule has 0 aromatic heterocycles. The van der Waals surface area contributed by atoms with Crippen molar-refractivity contribution in [3.05, 3.63) is 29.8 Å². The molecule has 1 heterocycles. The molecule has 1 aromatic rings. The van der Waals surface area contributed by atoms with Crippen LogP contribution >= 0.6 is 0 Å². The van der Waals surface area contributed by atoms with Crippen LogP contribution in [0.5, 0.6) is 5.75 Å². The number of likely N-dealkylation sites (N-methyl/N-ethyl adjacent to an activating group) is 2. The lowest BCUT2D eigenvalue weighted by Crippen LogP contribution is -2.42. The molecule has 0 aliphatic carbocycles. The number of carbonyl (C=O) groups is 1. The fourth-order valence-corrected chi connectivity index (χ4v) is 2.86. The quantitative estimate of drug-likeness (QED) is 0.820. The number of nitrogens with zero attached hydrogens (tertiary/aromatic N) is 2. The van der Waals surface area contributed by atoms with E-state index in [0.29, 0.717) is 18.5 Å². The molecule has 1 fully saturated rings. The Hall–Kier alpha value is -1.80. The van der Waals surface area contributed by atoms with E-state index >= 15 is 0 Å². The smallest absolute Gasteiger partial charge is 0.406 e. The Labute approximate surface area is 138 Å². The van der Waals surface area contributed by atoms with Gasteiger partial charge in [-0.1, -0.05) is 12.1 Å². The summed E-state index contributed by atoms with van der Waals surface area (Å²) in [7, 11) is 5.10.